The van der Waals surface area contributed by atoms with Crippen molar-refractivity contribution in [3.63, 3.8) is 0 Å². The van der Waals surface area contributed by atoms with Gasteiger partial charge in [0.2, 0.25) is 5.91 Å². The van der Waals surface area contributed by atoms with Crippen LogP contribution in [0.4, 0.5) is 4.79 Å². The molecule has 0 unspecified atom stereocenters. The van der Waals surface area contributed by atoms with Crippen LogP contribution in [-0.4, -0.2) is 34.4 Å². The van der Waals surface area contributed by atoms with Gasteiger partial charge in [-0.05, 0) is 17.5 Å². The molecule has 2 amide bonds. The van der Waals surface area contributed by atoms with E-state index in [1.165, 1.54) is 4.90 Å². The average Bonchev–Trinajstić information content (AvgIpc) is 3.16. The maximum Gasteiger partial charge on any atom is 0.417 e. The summed E-state index contributed by atoms with van der Waals surface area (Å²) in [5, 5.41) is 0. The third kappa shape index (κ3) is 4.84. The highest BCUT2D eigenvalue weighted by molar-refractivity contribution is 9.09. The monoisotopic (exact) mass is 469 g/mol. The number of allylic oxidation sites excluding steroid dienone is 1. The number of hydrogen-bond acceptors (Lipinski definition) is 3. The Morgan fingerprint density at radius 2 is 1.73 bits per heavy atom. The number of imide groups is 1. The van der Waals surface area contributed by atoms with Crippen molar-refractivity contribution < 1.29 is 14.3 Å². The van der Waals surface area contributed by atoms with Gasteiger partial charge in [0.15, 0.2) is 0 Å². The van der Waals surface area contributed by atoms with Gasteiger partial charge >= 0.3 is 6.09 Å². The van der Waals surface area contributed by atoms with E-state index in [1.54, 1.807) is 6.08 Å². The molecule has 0 N–H and O–H groups in total. The SMILES string of the molecule is C=C[C@@H](Br)[C@H](CCCC)C(=O)N1C(=O)OC[C@H]1C(c1ccccc1)c1ccccc1. The molecule has 5 heteroatoms. The fraction of sp³-hybridized carbons (Fsp3) is 0.360. The number of amides is 2. The summed E-state index contributed by atoms with van der Waals surface area (Å²) in [5.41, 5.74) is 2.10. The van der Waals surface area contributed by atoms with Crippen molar-refractivity contribution in [2.24, 2.45) is 5.92 Å². The molecule has 4 nitrogen and oxygen atoms in total. The minimum atomic E-state index is -0.563. The summed E-state index contributed by atoms with van der Waals surface area (Å²) in [6.45, 7) is 6.10. The largest absolute Gasteiger partial charge is 0.447 e. The van der Waals surface area contributed by atoms with E-state index in [0.29, 0.717) is 6.42 Å². The third-order valence-electron chi connectivity index (χ3n) is 5.64. The fourth-order valence-corrected chi connectivity index (χ4v) is 4.57. The van der Waals surface area contributed by atoms with Gasteiger partial charge < -0.3 is 4.74 Å². The van der Waals surface area contributed by atoms with E-state index in [2.05, 4.69) is 29.4 Å². The van der Waals surface area contributed by atoms with Gasteiger partial charge in [-0.15, -0.1) is 6.58 Å². The number of halogens is 1. The van der Waals surface area contributed by atoms with Crippen molar-refractivity contribution in [2.75, 3.05) is 6.61 Å². The van der Waals surface area contributed by atoms with E-state index in [1.807, 2.05) is 60.7 Å². The topological polar surface area (TPSA) is 46.6 Å². The Hall–Kier alpha value is -2.40. The molecular formula is C25H28BrNO3. The van der Waals surface area contributed by atoms with Crippen molar-refractivity contribution in [3.05, 3.63) is 84.4 Å². The number of carbonyl (C=O) groups is 2. The van der Waals surface area contributed by atoms with Gasteiger partial charge in [-0.25, -0.2) is 9.69 Å². The summed E-state index contributed by atoms with van der Waals surface area (Å²) in [5.74, 6) is -0.718. The Balaban J connectivity index is 2.00. The standard InChI is InChI=1S/C25H28BrNO3/c1-3-5-16-20(21(26)4-2)24(28)27-22(17-30-25(27)29)23(18-12-8-6-9-13-18)19-14-10-7-11-15-19/h4,6-15,20-23H,2-3,5,16-17H2,1H3/t20-,21+,22-/m0/s1. The van der Waals surface area contributed by atoms with Crippen molar-refractivity contribution in [1.29, 1.82) is 0 Å². The quantitative estimate of drug-likeness (QED) is 0.338. The van der Waals surface area contributed by atoms with Gasteiger partial charge in [0.05, 0.1) is 12.0 Å². The summed E-state index contributed by atoms with van der Waals surface area (Å²) in [6.07, 6.45) is 3.73. The fourth-order valence-electron chi connectivity index (χ4n) is 4.08. The number of benzene rings is 2. The Morgan fingerprint density at radius 3 is 2.23 bits per heavy atom. The number of carbonyl (C=O) groups excluding carboxylic acids is 2. The number of alkyl halides is 1. The lowest BCUT2D eigenvalue weighted by molar-refractivity contribution is -0.133. The molecule has 30 heavy (non-hydrogen) atoms. The van der Waals surface area contributed by atoms with E-state index < -0.39 is 12.1 Å². The van der Waals surface area contributed by atoms with Crippen LogP contribution in [0.25, 0.3) is 0 Å². The molecule has 0 aromatic heterocycles. The maximum atomic E-state index is 13.6. The van der Waals surface area contributed by atoms with Crippen molar-refractivity contribution in [1.82, 2.24) is 4.90 Å². The molecule has 2 aromatic rings. The Morgan fingerprint density at radius 1 is 1.17 bits per heavy atom. The molecule has 0 spiro atoms. The van der Waals surface area contributed by atoms with Gasteiger partial charge in [0, 0.05) is 10.7 Å². The summed E-state index contributed by atoms with van der Waals surface area (Å²) in [6, 6.07) is 19.6. The minimum absolute atomic E-state index is 0.160. The molecule has 1 aliphatic rings. The van der Waals surface area contributed by atoms with Crippen LogP contribution in [0.5, 0.6) is 0 Å². The lowest BCUT2D eigenvalue weighted by Gasteiger charge is -2.31. The van der Waals surface area contributed by atoms with Gasteiger partial charge in [0.25, 0.3) is 0 Å². The molecule has 3 rings (SSSR count). The zero-order chi connectivity index (χ0) is 21.5. The maximum absolute atomic E-state index is 13.6. The van der Waals surface area contributed by atoms with Crippen molar-refractivity contribution in [2.45, 2.75) is 43.0 Å². The number of unbranched alkanes of at least 4 members (excludes halogenated alkanes) is 1. The zero-order valence-electron chi connectivity index (χ0n) is 17.2. The van der Waals surface area contributed by atoms with Gasteiger partial charge in [-0.3, -0.25) is 4.79 Å². The predicted molar refractivity (Wildman–Crippen MR) is 123 cm³/mol. The van der Waals surface area contributed by atoms with Crippen LogP contribution in [0, 0.1) is 5.92 Å². The second-order valence-corrected chi connectivity index (χ2v) is 8.64. The van der Waals surface area contributed by atoms with Crippen molar-refractivity contribution in [3.8, 4) is 0 Å². The predicted octanol–water partition coefficient (Wildman–Crippen LogP) is 5.92. The van der Waals surface area contributed by atoms with Crippen LogP contribution < -0.4 is 0 Å². The van der Waals surface area contributed by atoms with Crippen LogP contribution in [0.1, 0.15) is 43.2 Å². The highest BCUT2D eigenvalue weighted by Gasteiger charge is 2.46. The Bertz CT molecular complexity index is 816. The summed E-state index contributed by atoms with van der Waals surface area (Å²) < 4.78 is 5.42. The highest BCUT2D eigenvalue weighted by atomic mass is 79.9. The molecule has 0 saturated carbocycles. The number of ether oxygens (including phenoxy) is 1. The van der Waals surface area contributed by atoms with E-state index in [4.69, 9.17) is 4.74 Å². The van der Waals surface area contributed by atoms with Crippen molar-refractivity contribution >= 4 is 27.9 Å². The molecular weight excluding hydrogens is 442 g/mol. The summed E-state index contributed by atoms with van der Waals surface area (Å²) in [7, 11) is 0. The molecule has 0 radical (unpaired) electrons. The Labute approximate surface area is 187 Å². The molecule has 158 valence electrons. The van der Waals surface area contributed by atoms with Gasteiger partial charge in [-0.1, -0.05) is 102 Å². The average molecular weight is 470 g/mol. The van der Waals surface area contributed by atoms with Crippen LogP contribution in [0.15, 0.2) is 73.3 Å². The smallest absolute Gasteiger partial charge is 0.417 e. The second-order valence-electron chi connectivity index (χ2n) is 7.58. The number of cyclic esters (lactones) is 1. The molecule has 0 aliphatic carbocycles. The number of hydrogen-bond donors (Lipinski definition) is 0. The molecule has 3 atom stereocenters. The lowest BCUT2D eigenvalue weighted by Crippen LogP contribution is -2.47. The lowest BCUT2D eigenvalue weighted by atomic mass is 9.84. The number of nitrogens with zero attached hydrogens (tertiary/aromatic N) is 1. The molecule has 1 saturated heterocycles. The van der Waals surface area contributed by atoms with E-state index >= 15 is 0 Å². The first-order valence-electron chi connectivity index (χ1n) is 10.4. The number of rotatable bonds is 9. The minimum Gasteiger partial charge on any atom is -0.447 e. The Kier molecular flexibility index (Phi) is 7.86. The molecule has 1 fully saturated rings. The first-order valence-corrected chi connectivity index (χ1v) is 11.4. The van der Waals surface area contributed by atoms with Crippen LogP contribution >= 0.6 is 15.9 Å². The highest BCUT2D eigenvalue weighted by Crippen LogP contribution is 2.36. The normalized spacial score (nSPS) is 18.2. The molecule has 1 heterocycles. The van der Waals surface area contributed by atoms with Gasteiger partial charge in [-0.2, -0.15) is 0 Å². The summed E-state index contributed by atoms with van der Waals surface area (Å²) >= 11 is 3.57. The summed E-state index contributed by atoms with van der Waals surface area (Å²) in [4.78, 5) is 27.5. The first-order chi connectivity index (χ1) is 14.6. The van der Waals surface area contributed by atoms with E-state index in [0.717, 1.165) is 24.0 Å². The third-order valence-corrected chi connectivity index (χ3v) is 6.65. The zero-order valence-corrected chi connectivity index (χ0v) is 18.8. The first kappa shape index (κ1) is 22.3. The molecule has 0 bridgehead atoms. The molecule has 2 aromatic carbocycles. The molecule has 1 aliphatic heterocycles. The van der Waals surface area contributed by atoms with Crippen LogP contribution in [0.2, 0.25) is 0 Å². The van der Waals surface area contributed by atoms with E-state index in [-0.39, 0.29) is 29.2 Å². The van der Waals surface area contributed by atoms with Crippen LogP contribution in [-0.2, 0) is 9.53 Å². The second kappa shape index (κ2) is 10.6. The van der Waals surface area contributed by atoms with E-state index in [9.17, 15) is 9.59 Å². The van der Waals surface area contributed by atoms with Gasteiger partial charge in [0.1, 0.15) is 6.61 Å². The van der Waals surface area contributed by atoms with Crippen LogP contribution in [0.3, 0.4) is 0 Å².